The van der Waals surface area contributed by atoms with E-state index in [9.17, 15) is 21.6 Å². The third kappa shape index (κ3) is 4.00. The lowest BCUT2D eigenvalue weighted by molar-refractivity contribution is -0.140. The topological polar surface area (TPSA) is 61.2 Å². The third-order valence-corrected chi connectivity index (χ3v) is 5.37. The predicted octanol–water partition coefficient (Wildman–Crippen LogP) is 4.62. The monoisotopic (exact) mass is 430 g/mol. The quantitative estimate of drug-likeness (QED) is 0.605. The number of sulfone groups is 1. The molecule has 0 aliphatic heterocycles. The summed E-state index contributed by atoms with van der Waals surface area (Å²) in [5.41, 5.74) is -0.424. The molecule has 0 aliphatic carbocycles. The number of halogens is 4. The lowest BCUT2D eigenvalue weighted by Gasteiger charge is -2.10. The summed E-state index contributed by atoms with van der Waals surface area (Å²) in [5, 5.41) is 0.223. The first-order chi connectivity index (χ1) is 13.0. The SMILES string of the molecule is COc1ccc(-n2cc(C(F)(F)F)nc2-c2ccc(S(C)(=O)=O)cc2)cc1Cl. The van der Waals surface area contributed by atoms with Gasteiger partial charge in [-0.1, -0.05) is 11.6 Å². The molecule has 0 atom stereocenters. The first-order valence-corrected chi connectivity index (χ1v) is 10.1. The van der Waals surface area contributed by atoms with Crippen molar-refractivity contribution < 1.29 is 26.3 Å². The van der Waals surface area contributed by atoms with Crippen molar-refractivity contribution in [3.8, 4) is 22.8 Å². The second-order valence-electron chi connectivity index (χ2n) is 5.93. The summed E-state index contributed by atoms with van der Waals surface area (Å²) in [7, 11) is -2.01. The van der Waals surface area contributed by atoms with Crippen LogP contribution in [0.3, 0.4) is 0 Å². The number of aromatic nitrogens is 2. The Hall–Kier alpha value is -2.52. The van der Waals surface area contributed by atoms with E-state index in [1.807, 2.05) is 0 Å². The molecule has 0 saturated heterocycles. The molecular formula is C18H14ClF3N2O3S. The molecule has 0 bridgehead atoms. The van der Waals surface area contributed by atoms with Crippen LogP contribution in [0, 0.1) is 0 Å². The van der Waals surface area contributed by atoms with Gasteiger partial charge in [0.2, 0.25) is 0 Å². The molecule has 28 heavy (non-hydrogen) atoms. The lowest BCUT2D eigenvalue weighted by Crippen LogP contribution is -2.05. The fraction of sp³-hybridized carbons (Fsp3) is 0.167. The summed E-state index contributed by atoms with van der Waals surface area (Å²) in [6, 6.07) is 9.97. The van der Waals surface area contributed by atoms with Gasteiger partial charge in [-0.25, -0.2) is 13.4 Å². The minimum Gasteiger partial charge on any atom is -0.495 e. The maximum absolute atomic E-state index is 13.2. The van der Waals surface area contributed by atoms with E-state index < -0.39 is 21.7 Å². The molecule has 1 aromatic heterocycles. The van der Waals surface area contributed by atoms with Gasteiger partial charge in [0.1, 0.15) is 11.6 Å². The van der Waals surface area contributed by atoms with Crippen LogP contribution in [0.5, 0.6) is 5.75 Å². The van der Waals surface area contributed by atoms with Gasteiger partial charge in [0.15, 0.2) is 15.5 Å². The van der Waals surface area contributed by atoms with E-state index in [4.69, 9.17) is 16.3 Å². The number of nitrogens with zero attached hydrogens (tertiary/aromatic N) is 2. The van der Waals surface area contributed by atoms with E-state index in [0.717, 1.165) is 12.5 Å². The summed E-state index contributed by atoms with van der Waals surface area (Å²) >= 11 is 6.10. The van der Waals surface area contributed by atoms with Gasteiger partial charge in [0.25, 0.3) is 0 Å². The van der Waals surface area contributed by atoms with E-state index in [1.165, 1.54) is 48.1 Å². The molecule has 1 heterocycles. The first kappa shape index (κ1) is 20.2. The number of imidazole rings is 1. The van der Waals surface area contributed by atoms with Gasteiger partial charge in [-0.15, -0.1) is 0 Å². The Bertz CT molecular complexity index is 1120. The smallest absolute Gasteiger partial charge is 0.434 e. The van der Waals surface area contributed by atoms with Crippen molar-refractivity contribution in [2.75, 3.05) is 13.4 Å². The molecule has 0 amide bonds. The molecule has 148 valence electrons. The van der Waals surface area contributed by atoms with Gasteiger partial charge in [0.05, 0.1) is 17.0 Å². The van der Waals surface area contributed by atoms with Crippen LogP contribution in [0.4, 0.5) is 13.2 Å². The Kier molecular flexibility index (Phi) is 5.16. The van der Waals surface area contributed by atoms with Crippen LogP contribution in [0.2, 0.25) is 5.02 Å². The number of alkyl halides is 3. The van der Waals surface area contributed by atoms with Gasteiger partial charge < -0.3 is 4.74 Å². The molecule has 0 saturated carbocycles. The highest BCUT2D eigenvalue weighted by molar-refractivity contribution is 7.90. The van der Waals surface area contributed by atoms with Crippen molar-refractivity contribution in [2.24, 2.45) is 0 Å². The van der Waals surface area contributed by atoms with Crippen molar-refractivity contribution in [3.05, 3.63) is 59.4 Å². The summed E-state index contributed by atoms with van der Waals surface area (Å²) < 4.78 is 69.2. The van der Waals surface area contributed by atoms with E-state index >= 15 is 0 Å². The van der Waals surface area contributed by atoms with E-state index in [0.29, 0.717) is 17.0 Å². The Morgan fingerprint density at radius 3 is 2.25 bits per heavy atom. The molecule has 0 fully saturated rings. The Balaban J connectivity index is 2.18. The third-order valence-electron chi connectivity index (χ3n) is 3.95. The van der Waals surface area contributed by atoms with Gasteiger partial charge in [-0.2, -0.15) is 13.2 Å². The number of hydrogen-bond donors (Lipinski definition) is 0. The second kappa shape index (κ2) is 7.14. The molecule has 0 N–H and O–H groups in total. The molecule has 0 spiro atoms. The van der Waals surface area contributed by atoms with Gasteiger partial charge in [-0.05, 0) is 42.5 Å². The lowest BCUT2D eigenvalue weighted by atomic mass is 10.2. The Labute approximate surface area is 164 Å². The van der Waals surface area contributed by atoms with Crippen molar-refractivity contribution >= 4 is 21.4 Å². The zero-order valence-corrected chi connectivity index (χ0v) is 16.2. The van der Waals surface area contributed by atoms with E-state index in [2.05, 4.69) is 4.98 Å². The average Bonchev–Trinajstić information content (AvgIpc) is 3.07. The van der Waals surface area contributed by atoms with Crippen LogP contribution in [-0.4, -0.2) is 31.3 Å². The number of rotatable bonds is 4. The highest BCUT2D eigenvalue weighted by Gasteiger charge is 2.35. The summed E-state index contributed by atoms with van der Waals surface area (Å²) in [6.45, 7) is 0. The highest BCUT2D eigenvalue weighted by atomic mass is 35.5. The Morgan fingerprint density at radius 1 is 1.11 bits per heavy atom. The van der Waals surface area contributed by atoms with Gasteiger partial charge >= 0.3 is 6.18 Å². The average molecular weight is 431 g/mol. The predicted molar refractivity (Wildman–Crippen MR) is 98.7 cm³/mol. The van der Waals surface area contributed by atoms with Crippen molar-refractivity contribution in [1.82, 2.24) is 9.55 Å². The summed E-state index contributed by atoms with van der Waals surface area (Å²) in [6.07, 6.45) is -2.75. The zero-order valence-electron chi connectivity index (χ0n) is 14.7. The molecule has 0 radical (unpaired) electrons. The Morgan fingerprint density at radius 2 is 1.75 bits per heavy atom. The van der Waals surface area contributed by atoms with Gasteiger partial charge in [-0.3, -0.25) is 4.57 Å². The maximum Gasteiger partial charge on any atom is 0.434 e. The number of ether oxygens (including phenoxy) is 1. The van der Waals surface area contributed by atoms with Crippen molar-refractivity contribution in [2.45, 2.75) is 11.1 Å². The zero-order chi connectivity index (χ0) is 20.7. The fourth-order valence-corrected chi connectivity index (χ4v) is 3.46. The largest absolute Gasteiger partial charge is 0.495 e. The van der Waals surface area contributed by atoms with Crippen molar-refractivity contribution in [3.63, 3.8) is 0 Å². The van der Waals surface area contributed by atoms with Crippen LogP contribution in [0.15, 0.2) is 53.6 Å². The standard InChI is InChI=1S/C18H14ClF3N2O3S/c1-27-15-8-5-12(9-14(15)19)24-10-16(18(20,21)22)23-17(24)11-3-6-13(7-4-11)28(2,25)26/h3-10H,1-2H3. The minimum atomic E-state index is -4.65. The molecule has 5 nitrogen and oxygen atoms in total. The molecule has 0 aliphatic rings. The number of benzene rings is 2. The van der Waals surface area contributed by atoms with E-state index in [1.54, 1.807) is 6.07 Å². The normalized spacial score (nSPS) is 12.2. The molecule has 0 unspecified atom stereocenters. The minimum absolute atomic E-state index is 0.00592. The van der Waals surface area contributed by atoms with Crippen LogP contribution in [0.1, 0.15) is 5.69 Å². The van der Waals surface area contributed by atoms with Crippen LogP contribution in [-0.2, 0) is 16.0 Å². The molecule has 3 aromatic rings. The van der Waals surface area contributed by atoms with E-state index in [-0.39, 0.29) is 15.7 Å². The molecule has 2 aromatic carbocycles. The maximum atomic E-state index is 13.2. The molecule has 10 heteroatoms. The van der Waals surface area contributed by atoms with Gasteiger partial charge in [0, 0.05) is 23.7 Å². The fourth-order valence-electron chi connectivity index (χ4n) is 2.57. The summed E-state index contributed by atoms with van der Waals surface area (Å²) in [5.74, 6) is 0.370. The van der Waals surface area contributed by atoms with Crippen LogP contribution >= 0.6 is 11.6 Å². The summed E-state index contributed by atoms with van der Waals surface area (Å²) in [4.78, 5) is 3.76. The second-order valence-corrected chi connectivity index (χ2v) is 8.36. The molecule has 3 rings (SSSR count). The first-order valence-electron chi connectivity index (χ1n) is 7.81. The van der Waals surface area contributed by atoms with Crippen LogP contribution in [0.25, 0.3) is 17.1 Å². The number of methoxy groups -OCH3 is 1. The molecular weight excluding hydrogens is 417 g/mol. The van der Waals surface area contributed by atoms with Crippen molar-refractivity contribution in [1.29, 1.82) is 0 Å². The number of hydrogen-bond acceptors (Lipinski definition) is 4. The highest BCUT2D eigenvalue weighted by Crippen LogP contribution is 2.34. The van der Waals surface area contributed by atoms with Crippen LogP contribution < -0.4 is 4.74 Å².